The summed E-state index contributed by atoms with van der Waals surface area (Å²) in [6.07, 6.45) is 4.07. The Morgan fingerprint density at radius 1 is 1.24 bits per heavy atom. The van der Waals surface area contributed by atoms with Gasteiger partial charge < -0.3 is 9.72 Å². The van der Waals surface area contributed by atoms with Gasteiger partial charge in [0.2, 0.25) is 0 Å². The van der Waals surface area contributed by atoms with Crippen LogP contribution >= 0.6 is 11.3 Å². The third kappa shape index (κ3) is 3.69. The molecule has 146 valence electrons. The third-order valence-corrected chi connectivity index (χ3v) is 5.90. The maximum Gasteiger partial charge on any atom is 0.331 e. The lowest BCUT2D eigenvalue weighted by atomic mass is 10.1. The number of hydrogen-bond acceptors (Lipinski definition) is 6. The van der Waals surface area contributed by atoms with Crippen molar-refractivity contribution >= 4 is 44.5 Å². The van der Waals surface area contributed by atoms with Crippen molar-refractivity contribution in [3.63, 3.8) is 0 Å². The Labute approximate surface area is 170 Å². The SMILES string of the molecule is Cc1sc2nc(C(C)OC(=O)/C=C/c3cccc4cccnc34)[nH]c(=O)c2c1C. The van der Waals surface area contributed by atoms with Crippen LogP contribution in [0.15, 0.2) is 47.4 Å². The molecule has 3 heterocycles. The molecular formula is C22H19N3O3S. The van der Waals surface area contributed by atoms with Crippen molar-refractivity contribution in [2.75, 3.05) is 0 Å². The van der Waals surface area contributed by atoms with E-state index in [4.69, 9.17) is 4.74 Å². The van der Waals surface area contributed by atoms with Gasteiger partial charge in [-0.15, -0.1) is 11.3 Å². The molecule has 0 aliphatic rings. The Hall–Kier alpha value is -3.32. The van der Waals surface area contributed by atoms with Crippen molar-refractivity contribution in [3.8, 4) is 0 Å². The highest BCUT2D eigenvalue weighted by Gasteiger charge is 2.17. The number of para-hydroxylation sites is 1. The summed E-state index contributed by atoms with van der Waals surface area (Å²) < 4.78 is 5.44. The molecule has 4 aromatic rings. The van der Waals surface area contributed by atoms with Crippen molar-refractivity contribution in [1.82, 2.24) is 15.0 Å². The predicted molar refractivity (Wildman–Crippen MR) is 115 cm³/mol. The summed E-state index contributed by atoms with van der Waals surface area (Å²) in [4.78, 5) is 38.0. The average molecular weight is 405 g/mol. The first kappa shape index (κ1) is 19.0. The van der Waals surface area contributed by atoms with Crippen LogP contribution in [-0.4, -0.2) is 20.9 Å². The minimum atomic E-state index is -0.683. The molecule has 0 aliphatic heterocycles. The monoisotopic (exact) mass is 405 g/mol. The van der Waals surface area contributed by atoms with Gasteiger partial charge >= 0.3 is 5.97 Å². The number of ether oxygens (including phenoxy) is 1. The summed E-state index contributed by atoms with van der Waals surface area (Å²) in [5.74, 6) is -0.191. The van der Waals surface area contributed by atoms with E-state index in [1.165, 1.54) is 17.4 Å². The largest absolute Gasteiger partial charge is 0.451 e. The highest BCUT2D eigenvalue weighted by atomic mass is 32.1. The summed E-state index contributed by atoms with van der Waals surface area (Å²) in [6.45, 7) is 5.54. The minimum Gasteiger partial charge on any atom is -0.451 e. The summed E-state index contributed by atoms with van der Waals surface area (Å²) >= 11 is 1.46. The summed E-state index contributed by atoms with van der Waals surface area (Å²) in [7, 11) is 0. The number of fused-ring (bicyclic) bond motifs is 2. The highest BCUT2D eigenvalue weighted by Crippen LogP contribution is 2.27. The first-order valence-corrected chi connectivity index (χ1v) is 9.98. The molecule has 7 heteroatoms. The van der Waals surface area contributed by atoms with Crippen LogP contribution in [0.25, 0.3) is 27.2 Å². The van der Waals surface area contributed by atoms with Crippen LogP contribution in [0.4, 0.5) is 0 Å². The second-order valence-electron chi connectivity index (χ2n) is 6.75. The van der Waals surface area contributed by atoms with Gasteiger partial charge in [0.15, 0.2) is 11.9 Å². The van der Waals surface area contributed by atoms with Gasteiger partial charge in [0, 0.05) is 28.1 Å². The van der Waals surface area contributed by atoms with Crippen molar-refractivity contribution in [3.05, 3.63) is 74.8 Å². The molecule has 1 aromatic carbocycles. The molecule has 0 saturated heterocycles. The van der Waals surface area contributed by atoms with E-state index in [0.717, 1.165) is 26.9 Å². The maximum absolute atomic E-state index is 12.4. The molecule has 1 N–H and O–H groups in total. The topological polar surface area (TPSA) is 84.9 Å². The Bertz CT molecular complexity index is 1310. The molecule has 6 nitrogen and oxygen atoms in total. The van der Waals surface area contributed by atoms with Gasteiger partial charge in [0.05, 0.1) is 10.9 Å². The van der Waals surface area contributed by atoms with Crippen molar-refractivity contribution < 1.29 is 9.53 Å². The number of aromatic nitrogens is 3. The predicted octanol–water partition coefficient (Wildman–Crippen LogP) is 4.47. The molecule has 0 fully saturated rings. The minimum absolute atomic E-state index is 0.216. The number of benzene rings is 1. The van der Waals surface area contributed by atoms with E-state index in [1.54, 1.807) is 19.2 Å². The summed E-state index contributed by atoms with van der Waals surface area (Å²) in [5, 5.41) is 1.59. The number of carbonyl (C=O) groups is 1. The lowest BCUT2D eigenvalue weighted by Gasteiger charge is -2.11. The van der Waals surface area contributed by atoms with Gasteiger partial charge in [-0.3, -0.25) is 9.78 Å². The number of H-pyrrole nitrogens is 1. The van der Waals surface area contributed by atoms with Crippen LogP contribution in [0.2, 0.25) is 0 Å². The Balaban J connectivity index is 1.54. The first-order valence-electron chi connectivity index (χ1n) is 9.16. The molecule has 0 saturated carbocycles. The quantitative estimate of drug-likeness (QED) is 0.400. The van der Waals surface area contributed by atoms with Crippen molar-refractivity contribution in [2.24, 2.45) is 0 Å². The first-order chi connectivity index (χ1) is 13.9. The van der Waals surface area contributed by atoms with E-state index in [0.29, 0.717) is 16.0 Å². The number of nitrogens with one attached hydrogen (secondary N) is 1. The zero-order valence-electron chi connectivity index (χ0n) is 16.2. The number of esters is 1. The second-order valence-corrected chi connectivity index (χ2v) is 7.95. The van der Waals surface area contributed by atoms with E-state index in [2.05, 4.69) is 15.0 Å². The van der Waals surface area contributed by atoms with Crippen LogP contribution < -0.4 is 5.56 Å². The van der Waals surface area contributed by atoms with Gasteiger partial charge in [-0.05, 0) is 38.5 Å². The van der Waals surface area contributed by atoms with Gasteiger partial charge in [0.25, 0.3) is 5.56 Å². The molecule has 0 spiro atoms. The normalized spacial score (nSPS) is 12.7. The highest BCUT2D eigenvalue weighted by molar-refractivity contribution is 7.18. The molecule has 29 heavy (non-hydrogen) atoms. The molecule has 0 bridgehead atoms. The number of aryl methyl sites for hydroxylation is 2. The number of hydrogen-bond donors (Lipinski definition) is 1. The number of nitrogens with zero attached hydrogens (tertiary/aromatic N) is 2. The van der Waals surface area contributed by atoms with Crippen molar-refractivity contribution in [2.45, 2.75) is 26.9 Å². The number of carbonyl (C=O) groups excluding carboxylic acids is 1. The maximum atomic E-state index is 12.4. The fraction of sp³-hybridized carbons (Fsp3) is 0.182. The molecule has 1 unspecified atom stereocenters. The lowest BCUT2D eigenvalue weighted by molar-refractivity contribution is -0.142. The van der Waals surface area contributed by atoms with Crippen LogP contribution in [0.1, 0.15) is 34.9 Å². The van der Waals surface area contributed by atoms with Crippen LogP contribution in [0.3, 0.4) is 0 Å². The van der Waals surface area contributed by atoms with Gasteiger partial charge in [-0.2, -0.15) is 0 Å². The molecule has 3 aromatic heterocycles. The van der Waals surface area contributed by atoms with Gasteiger partial charge in [-0.25, -0.2) is 9.78 Å². The van der Waals surface area contributed by atoms with E-state index in [-0.39, 0.29) is 5.56 Å². The van der Waals surface area contributed by atoms with Crippen LogP contribution in [0.5, 0.6) is 0 Å². The molecule has 0 radical (unpaired) electrons. The zero-order valence-corrected chi connectivity index (χ0v) is 17.0. The average Bonchev–Trinajstić information content (AvgIpc) is 3.00. The third-order valence-electron chi connectivity index (χ3n) is 4.80. The fourth-order valence-corrected chi connectivity index (χ4v) is 4.19. The van der Waals surface area contributed by atoms with Crippen LogP contribution in [0, 0.1) is 13.8 Å². The van der Waals surface area contributed by atoms with E-state index in [1.807, 2.05) is 44.2 Å². The number of aromatic amines is 1. The zero-order chi connectivity index (χ0) is 20.5. The Morgan fingerprint density at radius 2 is 2.03 bits per heavy atom. The number of rotatable bonds is 4. The molecule has 1 atom stereocenters. The molecule has 0 amide bonds. The fourth-order valence-electron chi connectivity index (χ4n) is 3.15. The van der Waals surface area contributed by atoms with E-state index in [9.17, 15) is 9.59 Å². The molecule has 4 rings (SSSR count). The lowest BCUT2D eigenvalue weighted by Crippen LogP contribution is -2.16. The smallest absolute Gasteiger partial charge is 0.331 e. The molecular weight excluding hydrogens is 386 g/mol. The summed E-state index contributed by atoms with van der Waals surface area (Å²) in [6, 6.07) is 9.59. The second kappa shape index (κ2) is 7.60. The number of pyridine rings is 1. The van der Waals surface area contributed by atoms with Gasteiger partial charge in [0.1, 0.15) is 4.83 Å². The standard InChI is InChI=1S/C22H19N3O3S/c1-12-14(3)29-22-18(12)21(27)24-20(25-22)13(2)28-17(26)10-9-16-7-4-6-15-8-5-11-23-19(15)16/h4-11,13H,1-3H3,(H,24,25,27)/b10-9+. The van der Waals surface area contributed by atoms with E-state index < -0.39 is 12.1 Å². The van der Waals surface area contributed by atoms with Crippen molar-refractivity contribution in [1.29, 1.82) is 0 Å². The summed E-state index contributed by atoms with van der Waals surface area (Å²) in [5.41, 5.74) is 2.35. The number of thiophene rings is 1. The van der Waals surface area contributed by atoms with Gasteiger partial charge in [-0.1, -0.05) is 24.3 Å². The Kier molecular flexibility index (Phi) is 4.98. The van der Waals surface area contributed by atoms with E-state index >= 15 is 0 Å². The van der Waals surface area contributed by atoms with Crippen LogP contribution in [-0.2, 0) is 9.53 Å². The molecule has 0 aliphatic carbocycles. The Morgan fingerprint density at radius 3 is 2.86 bits per heavy atom.